The van der Waals surface area contributed by atoms with E-state index in [2.05, 4.69) is 42.5 Å². The molecule has 10 amide bonds. The van der Waals surface area contributed by atoms with Gasteiger partial charge in [-0.2, -0.15) is 0 Å². The lowest BCUT2D eigenvalue weighted by atomic mass is 9.99. The lowest BCUT2D eigenvalue weighted by molar-refractivity contribution is -0.143. The average Bonchev–Trinajstić information content (AvgIpc) is 3.87. The van der Waals surface area contributed by atoms with Crippen LogP contribution in [-0.4, -0.2) is 154 Å². The predicted octanol–water partition coefficient (Wildman–Crippen LogP) is 0.280. The molecule has 0 aromatic heterocycles. The van der Waals surface area contributed by atoms with Gasteiger partial charge < -0.3 is 74.8 Å². The summed E-state index contributed by atoms with van der Waals surface area (Å²) in [5, 5.41) is 41.5. The number of carbonyl (C=O) groups is 11. The molecule has 0 unspecified atom stereocenters. The maximum atomic E-state index is 15.0. The normalized spacial score (nSPS) is 15.9. The maximum absolute atomic E-state index is 15.0. The van der Waals surface area contributed by atoms with Crippen molar-refractivity contribution in [3.8, 4) is 5.75 Å². The Morgan fingerprint density at radius 2 is 0.978 bits per heavy atom. The van der Waals surface area contributed by atoms with E-state index in [1.807, 2.05) is 13.8 Å². The summed E-state index contributed by atoms with van der Waals surface area (Å²) in [7, 11) is 0. The number of carboxylic acids is 1. The standard InChI is InChI=1S/C64H86N12O13/c1-37(2)31-47(71-57(81)46(23-15-29-65)69-62(86)54(38(3)4)75-60(84)49(33-43-25-27-44(77)28-26-43)70-55(79)39(5)68-56(80)45(66)36-53(67)78)58(82)73-50(34-41-19-11-7-12-20-41)63(87)76-30-16-24-52(76)61(85)72-48(32-40-17-9-6-10-18-40)59(83)74-51(64(88)89)35-42-21-13-8-14-22-42/h6-14,17-22,25-28,37-39,45-52,54,77H,15-16,23-24,29-36,65-66H2,1-5H3,(H2,67,78)(H,68,80)(H,69,86)(H,70,79)(H,71,81)(H,72,85)(H,73,82)(H,74,83)(H,75,84)(H,88,89)/t39-,45-,46-,47-,48-,49-,50+,51-,52-,54-/m0/s1. The second kappa shape index (κ2) is 34.9. The molecule has 89 heavy (non-hydrogen) atoms. The first-order valence-electron chi connectivity index (χ1n) is 29.9. The molecule has 10 atom stereocenters. The van der Waals surface area contributed by atoms with Crippen molar-refractivity contribution in [1.29, 1.82) is 0 Å². The number of phenols is 1. The average molecular weight is 1230 g/mol. The lowest BCUT2D eigenvalue weighted by Crippen LogP contribution is -2.61. The first-order chi connectivity index (χ1) is 42.3. The Morgan fingerprint density at radius 3 is 1.49 bits per heavy atom. The van der Waals surface area contributed by atoms with Gasteiger partial charge >= 0.3 is 5.97 Å². The highest BCUT2D eigenvalue weighted by Gasteiger charge is 2.41. The van der Waals surface area contributed by atoms with Crippen molar-refractivity contribution in [2.75, 3.05) is 13.1 Å². The molecule has 0 spiro atoms. The lowest BCUT2D eigenvalue weighted by Gasteiger charge is -2.31. The number of hydrogen-bond acceptors (Lipinski definition) is 14. The highest BCUT2D eigenvalue weighted by atomic mass is 16.4. The Kier molecular flexibility index (Phi) is 27.7. The Morgan fingerprint density at radius 1 is 0.528 bits per heavy atom. The summed E-state index contributed by atoms with van der Waals surface area (Å²) in [5.74, 6) is -9.87. The quantitative estimate of drug-likeness (QED) is 0.0299. The minimum Gasteiger partial charge on any atom is -0.508 e. The van der Waals surface area contributed by atoms with Crippen LogP contribution in [0.3, 0.4) is 0 Å². The van der Waals surface area contributed by atoms with E-state index in [0.29, 0.717) is 28.7 Å². The number of aromatic hydroxyl groups is 1. The Balaban J connectivity index is 1.35. The zero-order valence-corrected chi connectivity index (χ0v) is 50.9. The molecule has 1 aliphatic heterocycles. The summed E-state index contributed by atoms with van der Waals surface area (Å²) in [6, 6.07) is 19.3. The number of rotatable bonds is 34. The topological polar surface area (TPSA) is 406 Å². The fraction of sp³-hybridized carbons (Fsp3) is 0.453. The van der Waals surface area contributed by atoms with Crippen LogP contribution in [0.15, 0.2) is 115 Å². The van der Waals surface area contributed by atoms with Crippen molar-refractivity contribution < 1.29 is 63.0 Å². The molecule has 0 saturated carbocycles. The van der Waals surface area contributed by atoms with Gasteiger partial charge in [0.25, 0.3) is 0 Å². The van der Waals surface area contributed by atoms with Gasteiger partial charge in [0.05, 0.1) is 12.5 Å². The summed E-state index contributed by atoms with van der Waals surface area (Å²) in [5.41, 5.74) is 19.3. The molecule has 16 N–H and O–H groups in total. The second-order valence-corrected chi connectivity index (χ2v) is 23.1. The third-order valence-electron chi connectivity index (χ3n) is 15.0. The number of phenolic OH excluding ortho intramolecular Hbond substituents is 1. The minimum atomic E-state index is -1.38. The number of hydrogen-bond donors (Lipinski definition) is 13. The Bertz CT molecular complexity index is 3050. The van der Waals surface area contributed by atoms with E-state index in [-0.39, 0.29) is 76.1 Å². The summed E-state index contributed by atoms with van der Waals surface area (Å²) >= 11 is 0. The van der Waals surface area contributed by atoms with E-state index in [4.69, 9.17) is 17.2 Å². The first kappa shape index (κ1) is 70.5. The van der Waals surface area contributed by atoms with E-state index in [0.717, 1.165) is 0 Å². The third kappa shape index (κ3) is 22.8. The number of carboxylic acid groups (broad SMARTS) is 1. The predicted molar refractivity (Wildman–Crippen MR) is 330 cm³/mol. The van der Waals surface area contributed by atoms with Crippen LogP contribution in [0.2, 0.25) is 0 Å². The molecule has 0 bridgehead atoms. The minimum absolute atomic E-state index is 0.00737. The number of carbonyl (C=O) groups excluding carboxylic acids is 10. The molecule has 0 radical (unpaired) electrons. The summed E-state index contributed by atoms with van der Waals surface area (Å²) < 4.78 is 0. The van der Waals surface area contributed by atoms with E-state index >= 15 is 0 Å². The zero-order valence-electron chi connectivity index (χ0n) is 50.9. The summed E-state index contributed by atoms with van der Waals surface area (Å²) in [6.45, 7) is 8.47. The van der Waals surface area contributed by atoms with Crippen LogP contribution in [0.25, 0.3) is 0 Å². The smallest absolute Gasteiger partial charge is 0.326 e. The van der Waals surface area contributed by atoms with Gasteiger partial charge in [0.15, 0.2) is 0 Å². The van der Waals surface area contributed by atoms with Crippen LogP contribution in [0.5, 0.6) is 5.75 Å². The fourth-order valence-corrected chi connectivity index (χ4v) is 10.2. The number of aliphatic carboxylic acids is 1. The molecule has 1 fully saturated rings. The van der Waals surface area contributed by atoms with Gasteiger partial charge in [0.1, 0.15) is 60.1 Å². The highest BCUT2D eigenvalue weighted by Crippen LogP contribution is 2.22. The Hall–Kier alpha value is -9.23. The van der Waals surface area contributed by atoms with Crippen LogP contribution >= 0.6 is 0 Å². The van der Waals surface area contributed by atoms with Gasteiger partial charge in [0.2, 0.25) is 59.1 Å². The van der Waals surface area contributed by atoms with Crippen molar-refractivity contribution in [3.05, 3.63) is 138 Å². The van der Waals surface area contributed by atoms with Crippen LogP contribution < -0.4 is 59.7 Å². The third-order valence-corrected chi connectivity index (χ3v) is 15.0. The maximum Gasteiger partial charge on any atom is 0.326 e. The Labute approximate surface area is 518 Å². The molecular weight excluding hydrogens is 1140 g/mol. The molecule has 1 heterocycles. The molecule has 25 nitrogen and oxygen atoms in total. The van der Waals surface area contributed by atoms with E-state index in [9.17, 15) is 63.0 Å². The molecule has 1 saturated heterocycles. The largest absolute Gasteiger partial charge is 0.508 e. The van der Waals surface area contributed by atoms with Gasteiger partial charge in [-0.3, -0.25) is 47.9 Å². The summed E-state index contributed by atoms with van der Waals surface area (Å²) in [4.78, 5) is 153. The number of benzene rings is 4. The molecule has 25 heteroatoms. The van der Waals surface area contributed by atoms with Crippen LogP contribution in [0, 0.1) is 11.8 Å². The van der Waals surface area contributed by atoms with E-state index < -0.39 is 138 Å². The van der Waals surface area contributed by atoms with Crippen molar-refractivity contribution in [1.82, 2.24) is 47.4 Å². The first-order valence-corrected chi connectivity index (χ1v) is 29.9. The monoisotopic (exact) mass is 1230 g/mol. The van der Waals surface area contributed by atoms with Gasteiger partial charge in [0, 0.05) is 32.2 Å². The summed E-state index contributed by atoms with van der Waals surface area (Å²) in [6.07, 6.45) is 0.176. The van der Waals surface area contributed by atoms with Gasteiger partial charge in [-0.15, -0.1) is 0 Å². The number of nitrogens with two attached hydrogens (primary N) is 3. The van der Waals surface area contributed by atoms with Gasteiger partial charge in [-0.05, 0) is 91.8 Å². The number of nitrogens with zero attached hydrogens (tertiary/aromatic N) is 1. The number of primary amides is 1. The van der Waals surface area contributed by atoms with Gasteiger partial charge in [-0.25, -0.2) is 4.79 Å². The number of likely N-dealkylation sites (tertiary alicyclic amines) is 1. The molecule has 1 aliphatic rings. The molecule has 5 rings (SSSR count). The highest BCUT2D eigenvalue weighted by molar-refractivity contribution is 5.99. The van der Waals surface area contributed by atoms with Crippen molar-refractivity contribution in [2.24, 2.45) is 29.0 Å². The van der Waals surface area contributed by atoms with Crippen molar-refractivity contribution in [3.63, 3.8) is 0 Å². The fourth-order valence-electron chi connectivity index (χ4n) is 10.2. The van der Waals surface area contributed by atoms with Crippen LogP contribution in [-0.2, 0) is 78.4 Å². The van der Waals surface area contributed by atoms with E-state index in [1.54, 1.807) is 105 Å². The molecule has 4 aromatic rings. The molecule has 480 valence electrons. The van der Waals surface area contributed by atoms with Crippen molar-refractivity contribution in [2.45, 2.75) is 159 Å². The number of amides is 10. The SMILES string of the molecule is CC(C)C[C@H](NC(=O)[C@H](CCCN)NC(=O)[C@@H](NC(=O)[C@H](Cc1ccc(O)cc1)NC(=O)[C@H](C)NC(=O)[C@@H](N)CC(N)=O)C(C)C)C(=O)N[C@H](Cc1ccccc1)C(=O)N1CCC[C@H]1C(=O)N[C@@H](Cc1ccccc1)C(=O)N[C@@H](Cc1ccccc1)C(=O)O. The molecule has 0 aliphatic carbocycles. The molecular formula is C64H86N12O13. The molecule has 4 aromatic carbocycles. The number of nitrogens with one attached hydrogen (secondary N) is 8. The second-order valence-electron chi connectivity index (χ2n) is 23.1. The van der Waals surface area contributed by atoms with Gasteiger partial charge in [-0.1, -0.05) is 131 Å². The van der Waals surface area contributed by atoms with E-state index in [1.165, 1.54) is 36.1 Å². The van der Waals surface area contributed by atoms with Crippen LogP contribution in [0.4, 0.5) is 0 Å². The zero-order chi connectivity index (χ0) is 65.3. The van der Waals surface area contributed by atoms with Crippen molar-refractivity contribution >= 4 is 65.0 Å². The van der Waals surface area contributed by atoms with Crippen LogP contribution in [0.1, 0.15) is 95.4 Å².